The number of aliphatic hydroxyl groups excluding tert-OH is 1. The average molecular weight is 340 g/mol. The van der Waals surface area contributed by atoms with Gasteiger partial charge in [0.25, 0.3) is 0 Å². The van der Waals surface area contributed by atoms with E-state index in [1.807, 2.05) is 19.1 Å². The summed E-state index contributed by atoms with van der Waals surface area (Å²) in [6.45, 7) is 5.88. The molecule has 1 heterocycles. The Hall–Kier alpha value is -1.30. The van der Waals surface area contributed by atoms with Gasteiger partial charge in [-0.15, -0.1) is 0 Å². The summed E-state index contributed by atoms with van der Waals surface area (Å²) in [5, 5.41) is 14.3. The number of rotatable bonds is 6. The summed E-state index contributed by atoms with van der Waals surface area (Å²) < 4.78 is 5.24. The highest BCUT2D eigenvalue weighted by atomic mass is 35.5. The van der Waals surface area contributed by atoms with Crippen LogP contribution in [-0.4, -0.2) is 55.9 Å². The van der Waals surface area contributed by atoms with Crippen molar-refractivity contribution in [2.75, 3.05) is 39.9 Å². The molecular weight excluding hydrogens is 314 g/mol. The number of likely N-dealkylation sites (tertiary alicyclic amines) is 1. The van der Waals surface area contributed by atoms with Crippen LogP contribution in [0.2, 0.25) is 5.02 Å². The molecule has 0 bridgehead atoms. The summed E-state index contributed by atoms with van der Waals surface area (Å²) >= 11 is 5.87. The summed E-state index contributed by atoms with van der Waals surface area (Å²) in [6, 6.07) is 7.23. The molecule has 2 atom stereocenters. The molecule has 1 saturated heterocycles. The predicted molar refractivity (Wildman–Crippen MR) is 93.9 cm³/mol. The smallest absolute Gasteiger partial charge is 0.194 e. The van der Waals surface area contributed by atoms with Crippen molar-refractivity contribution in [1.29, 1.82) is 0 Å². The van der Waals surface area contributed by atoms with Crippen LogP contribution in [0.1, 0.15) is 25.0 Å². The Balaban J connectivity index is 1.97. The van der Waals surface area contributed by atoms with E-state index in [0.29, 0.717) is 17.5 Å². The molecule has 5 nitrogen and oxygen atoms in total. The molecule has 1 aromatic carbocycles. The number of nitrogens with zero attached hydrogens (tertiary/aromatic N) is 2. The van der Waals surface area contributed by atoms with E-state index >= 15 is 0 Å². The number of methoxy groups -OCH3 is 1. The number of halogens is 1. The van der Waals surface area contributed by atoms with Crippen LogP contribution in [0, 0.1) is 5.92 Å². The molecule has 128 valence electrons. The fraction of sp³-hybridized carbons (Fsp3) is 0.588. The Morgan fingerprint density at radius 1 is 1.48 bits per heavy atom. The first kappa shape index (κ1) is 18.0. The molecule has 0 radical (unpaired) electrons. The quantitative estimate of drug-likeness (QED) is 0.617. The summed E-state index contributed by atoms with van der Waals surface area (Å²) in [5.41, 5.74) is 0.827. The first-order valence-electron chi connectivity index (χ1n) is 8.09. The fourth-order valence-corrected chi connectivity index (χ4v) is 2.91. The zero-order valence-corrected chi connectivity index (χ0v) is 14.6. The maximum Gasteiger partial charge on any atom is 0.194 e. The Labute approximate surface area is 143 Å². The number of hydrogen-bond donors (Lipinski definition) is 2. The second-order valence-electron chi connectivity index (χ2n) is 5.82. The minimum absolute atomic E-state index is 0.329. The van der Waals surface area contributed by atoms with Crippen LogP contribution in [-0.2, 0) is 4.74 Å². The minimum atomic E-state index is -0.627. The number of aliphatic hydroxyl groups is 1. The number of nitrogens with one attached hydrogen (secondary N) is 1. The van der Waals surface area contributed by atoms with Gasteiger partial charge in [0.15, 0.2) is 5.96 Å². The van der Waals surface area contributed by atoms with Crippen molar-refractivity contribution < 1.29 is 9.84 Å². The van der Waals surface area contributed by atoms with Crippen LogP contribution in [0.4, 0.5) is 0 Å². The standard InChI is InChI=1S/C17H26ClN3O2/c1-3-19-17(21-9-8-13(11-21)12-23-2)20-10-16(22)14-4-6-15(18)7-5-14/h4-7,13,16,22H,3,8-12H2,1-2H3,(H,19,20). The Morgan fingerprint density at radius 3 is 2.87 bits per heavy atom. The zero-order chi connectivity index (χ0) is 16.7. The maximum atomic E-state index is 10.3. The normalized spacial score (nSPS) is 19.9. The Kier molecular flexibility index (Phi) is 7.15. The third-order valence-electron chi connectivity index (χ3n) is 3.99. The van der Waals surface area contributed by atoms with E-state index in [1.165, 1.54) is 0 Å². The Morgan fingerprint density at radius 2 is 2.22 bits per heavy atom. The van der Waals surface area contributed by atoms with Gasteiger partial charge in [-0.05, 0) is 31.0 Å². The largest absolute Gasteiger partial charge is 0.386 e. The molecule has 2 unspecified atom stereocenters. The molecule has 0 aliphatic carbocycles. The van der Waals surface area contributed by atoms with Crippen molar-refractivity contribution in [2.24, 2.45) is 10.9 Å². The molecule has 0 spiro atoms. The van der Waals surface area contributed by atoms with Gasteiger partial charge in [-0.2, -0.15) is 0 Å². The molecular formula is C17H26ClN3O2. The molecule has 0 amide bonds. The number of benzene rings is 1. The van der Waals surface area contributed by atoms with Crippen molar-refractivity contribution in [1.82, 2.24) is 10.2 Å². The summed E-state index contributed by atoms with van der Waals surface area (Å²) in [5.74, 6) is 1.41. The van der Waals surface area contributed by atoms with Crippen LogP contribution in [0.5, 0.6) is 0 Å². The van der Waals surface area contributed by atoms with Gasteiger partial charge in [-0.1, -0.05) is 23.7 Å². The molecule has 1 aromatic rings. The third-order valence-corrected chi connectivity index (χ3v) is 4.24. The predicted octanol–water partition coefficient (Wildman–Crippen LogP) is 2.31. The fourth-order valence-electron chi connectivity index (χ4n) is 2.79. The molecule has 1 aliphatic heterocycles. The number of ether oxygens (including phenoxy) is 1. The van der Waals surface area contributed by atoms with Gasteiger partial charge in [0.1, 0.15) is 0 Å². The average Bonchev–Trinajstić information content (AvgIpc) is 3.00. The second-order valence-corrected chi connectivity index (χ2v) is 6.25. The Bertz CT molecular complexity index is 507. The van der Waals surface area contributed by atoms with Crippen LogP contribution < -0.4 is 5.32 Å². The van der Waals surface area contributed by atoms with Gasteiger partial charge in [0.2, 0.25) is 0 Å². The van der Waals surface area contributed by atoms with E-state index in [0.717, 1.165) is 44.2 Å². The van der Waals surface area contributed by atoms with E-state index < -0.39 is 6.10 Å². The summed E-state index contributed by atoms with van der Waals surface area (Å²) in [4.78, 5) is 6.83. The lowest BCUT2D eigenvalue weighted by Gasteiger charge is -2.22. The number of guanidine groups is 1. The summed E-state index contributed by atoms with van der Waals surface area (Å²) in [6.07, 6.45) is 0.483. The number of aliphatic imine (C=N–C) groups is 1. The maximum absolute atomic E-state index is 10.3. The highest BCUT2D eigenvalue weighted by Crippen LogP contribution is 2.18. The lowest BCUT2D eigenvalue weighted by molar-refractivity contribution is 0.157. The molecule has 0 saturated carbocycles. The van der Waals surface area contributed by atoms with E-state index in [-0.39, 0.29) is 0 Å². The number of hydrogen-bond acceptors (Lipinski definition) is 3. The van der Waals surface area contributed by atoms with Gasteiger partial charge in [-0.25, -0.2) is 0 Å². The molecule has 2 N–H and O–H groups in total. The van der Waals surface area contributed by atoms with Gasteiger partial charge >= 0.3 is 0 Å². The molecule has 2 rings (SSSR count). The highest BCUT2D eigenvalue weighted by molar-refractivity contribution is 6.30. The third kappa shape index (κ3) is 5.37. The lowest BCUT2D eigenvalue weighted by Crippen LogP contribution is -2.40. The van der Waals surface area contributed by atoms with E-state index in [4.69, 9.17) is 16.3 Å². The van der Waals surface area contributed by atoms with Gasteiger partial charge in [0.05, 0.1) is 19.3 Å². The zero-order valence-electron chi connectivity index (χ0n) is 13.8. The highest BCUT2D eigenvalue weighted by Gasteiger charge is 2.24. The van der Waals surface area contributed by atoms with Gasteiger partial charge in [0, 0.05) is 37.7 Å². The van der Waals surface area contributed by atoms with Crippen LogP contribution in [0.15, 0.2) is 29.3 Å². The molecule has 6 heteroatoms. The lowest BCUT2D eigenvalue weighted by atomic mass is 10.1. The first-order valence-corrected chi connectivity index (χ1v) is 8.47. The van der Waals surface area contributed by atoms with E-state index in [9.17, 15) is 5.11 Å². The second kappa shape index (κ2) is 9.11. The van der Waals surface area contributed by atoms with Crippen molar-refractivity contribution in [3.8, 4) is 0 Å². The van der Waals surface area contributed by atoms with Crippen molar-refractivity contribution in [3.05, 3.63) is 34.9 Å². The van der Waals surface area contributed by atoms with Crippen molar-refractivity contribution >= 4 is 17.6 Å². The molecule has 23 heavy (non-hydrogen) atoms. The van der Waals surface area contributed by atoms with E-state index in [2.05, 4.69) is 15.2 Å². The van der Waals surface area contributed by atoms with Gasteiger partial charge < -0.3 is 20.1 Å². The van der Waals surface area contributed by atoms with Crippen molar-refractivity contribution in [2.45, 2.75) is 19.4 Å². The van der Waals surface area contributed by atoms with Gasteiger partial charge in [-0.3, -0.25) is 4.99 Å². The van der Waals surface area contributed by atoms with Crippen LogP contribution >= 0.6 is 11.6 Å². The molecule has 1 fully saturated rings. The molecule has 0 aromatic heterocycles. The van der Waals surface area contributed by atoms with Crippen LogP contribution in [0.3, 0.4) is 0 Å². The van der Waals surface area contributed by atoms with Crippen molar-refractivity contribution in [3.63, 3.8) is 0 Å². The first-order chi connectivity index (χ1) is 11.1. The van der Waals surface area contributed by atoms with E-state index in [1.54, 1.807) is 19.2 Å². The SMILES string of the molecule is CCNC(=NCC(O)c1ccc(Cl)cc1)N1CCC(COC)C1. The van der Waals surface area contributed by atoms with Crippen LogP contribution in [0.25, 0.3) is 0 Å². The molecule has 1 aliphatic rings. The summed E-state index contributed by atoms with van der Waals surface area (Å²) in [7, 11) is 1.74. The monoisotopic (exact) mass is 339 g/mol. The minimum Gasteiger partial charge on any atom is -0.386 e. The topological polar surface area (TPSA) is 57.1 Å².